The number of aryl methyl sites for hydroxylation is 1. The van der Waals surface area contributed by atoms with Gasteiger partial charge in [-0.15, -0.1) is 5.10 Å². The summed E-state index contributed by atoms with van der Waals surface area (Å²) >= 11 is 0. The number of nitrogens with zero attached hydrogens (tertiary/aromatic N) is 3. The summed E-state index contributed by atoms with van der Waals surface area (Å²) in [6.07, 6.45) is 9.13. The number of hydrogen-bond donors (Lipinski definition) is 0. The molecule has 0 unspecified atom stereocenters. The molecule has 0 atom stereocenters. The average Bonchev–Trinajstić information content (AvgIpc) is 3.05. The molecule has 1 aromatic carbocycles. The van der Waals surface area contributed by atoms with E-state index in [1.807, 2.05) is 23.7 Å². The van der Waals surface area contributed by atoms with Crippen molar-refractivity contribution >= 4 is 9.84 Å². The Labute approximate surface area is 148 Å². The Morgan fingerprint density at radius 3 is 2.12 bits per heavy atom. The lowest BCUT2D eigenvalue weighted by Gasteiger charge is -2.56. The fourth-order valence-electron chi connectivity index (χ4n) is 5.79. The zero-order valence-corrected chi connectivity index (χ0v) is 15.2. The molecule has 1 aromatic heterocycles. The molecule has 0 spiro atoms. The molecular weight excluding hydrogens is 334 g/mol. The minimum absolute atomic E-state index is 0.00277. The zero-order valence-electron chi connectivity index (χ0n) is 14.4. The van der Waals surface area contributed by atoms with Crippen molar-refractivity contribution in [3.05, 3.63) is 36.0 Å². The van der Waals surface area contributed by atoms with E-state index in [2.05, 4.69) is 10.3 Å². The van der Waals surface area contributed by atoms with Crippen molar-refractivity contribution in [1.82, 2.24) is 15.0 Å². The molecule has 25 heavy (non-hydrogen) atoms. The van der Waals surface area contributed by atoms with E-state index in [1.54, 1.807) is 18.3 Å². The molecule has 4 aliphatic rings. The van der Waals surface area contributed by atoms with Gasteiger partial charge in [0, 0.05) is 0 Å². The van der Waals surface area contributed by atoms with Crippen LogP contribution in [0.15, 0.2) is 40.4 Å². The number of hydrogen-bond acceptors (Lipinski definition) is 4. The van der Waals surface area contributed by atoms with Crippen molar-refractivity contribution in [3.8, 4) is 0 Å². The van der Waals surface area contributed by atoms with E-state index in [4.69, 9.17) is 0 Å². The van der Waals surface area contributed by atoms with Crippen molar-refractivity contribution in [2.75, 3.05) is 0 Å². The molecule has 0 N–H and O–H groups in total. The third-order valence-electron chi connectivity index (χ3n) is 6.57. The Morgan fingerprint density at radius 2 is 1.56 bits per heavy atom. The van der Waals surface area contributed by atoms with Gasteiger partial charge in [-0.25, -0.2) is 13.1 Å². The van der Waals surface area contributed by atoms with Gasteiger partial charge in [-0.1, -0.05) is 22.9 Å². The van der Waals surface area contributed by atoms with E-state index in [0.717, 1.165) is 42.6 Å². The first-order valence-electron chi connectivity index (χ1n) is 9.19. The topological polar surface area (TPSA) is 64.8 Å². The van der Waals surface area contributed by atoms with E-state index >= 15 is 0 Å². The Morgan fingerprint density at radius 1 is 1.00 bits per heavy atom. The Bertz CT molecular complexity index is 879. The largest absolute Gasteiger partial charge is 0.245 e. The summed E-state index contributed by atoms with van der Waals surface area (Å²) in [7, 11) is -3.60. The van der Waals surface area contributed by atoms with Gasteiger partial charge in [0.25, 0.3) is 0 Å². The monoisotopic (exact) mass is 357 g/mol. The van der Waals surface area contributed by atoms with Crippen molar-refractivity contribution in [3.63, 3.8) is 0 Å². The fourth-order valence-corrected chi connectivity index (χ4v) is 6.91. The lowest BCUT2D eigenvalue weighted by atomic mass is 9.53. The highest BCUT2D eigenvalue weighted by molar-refractivity contribution is 7.91. The van der Waals surface area contributed by atoms with E-state index in [9.17, 15) is 8.42 Å². The Hall–Kier alpha value is -1.69. The summed E-state index contributed by atoms with van der Waals surface area (Å²) in [6, 6.07) is 6.93. The van der Waals surface area contributed by atoms with E-state index in [0.29, 0.717) is 0 Å². The van der Waals surface area contributed by atoms with Crippen LogP contribution in [0, 0.1) is 24.7 Å². The predicted molar refractivity (Wildman–Crippen MR) is 92.8 cm³/mol. The van der Waals surface area contributed by atoms with Gasteiger partial charge >= 0.3 is 0 Å². The normalized spacial score (nSPS) is 33.7. The smallest absolute Gasteiger partial charge is 0.227 e. The third kappa shape index (κ3) is 2.37. The highest BCUT2D eigenvalue weighted by atomic mass is 32.2. The molecule has 2 aromatic rings. The summed E-state index contributed by atoms with van der Waals surface area (Å²) in [5.41, 5.74) is 1.04. The molecule has 132 valence electrons. The molecule has 0 saturated heterocycles. The van der Waals surface area contributed by atoms with Gasteiger partial charge in [0.15, 0.2) is 0 Å². The molecule has 6 heteroatoms. The van der Waals surface area contributed by atoms with Crippen LogP contribution in [0.1, 0.15) is 44.1 Å². The lowest BCUT2D eigenvalue weighted by molar-refractivity contribution is -0.0502. The zero-order chi connectivity index (χ0) is 17.2. The maximum absolute atomic E-state index is 12.9. The Balaban J connectivity index is 1.51. The molecule has 4 saturated carbocycles. The molecule has 0 amide bonds. The van der Waals surface area contributed by atoms with Gasteiger partial charge in [-0.2, -0.15) is 0 Å². The first-order chi connectivity index (χ1) is 11.9. The second-order valence-electron chi connectivity index (χ2n) is 8.46. The standard InChI is InChI=1S/C19H23N3O2S/c1-13-2-4-17(5-3-13)25(23,24)18-12-22(21-20-18)19-9-14-6-15(10-19)8-16(7-14)11-19/h2-5,12,14-16H,6-11H2,1H3. The predicted octanol–water partition coefficient (Wildman–Crippen LogP) is 3.34. The van der Waals surface area contributed by atoms with Crippen molar-refractivity contribution in [1.29, 1.82) is 0 Å². The van der Waals surface area contributed by atoms with Crippen LogP contribution in [0.25, 0.3) is 0 Å². The van der Waals surface area contributed by atoms with Gasteiger partial charge in [0.1, 0.15) is 0 Å². The third-order valence-corrected chi connectivity index (χ3v) is 8.20. The first kappa shape index (κ1) is 15.6. The minimum atomic E-state index is -3.60. The van der Waals surface area contributed by atoms with Gasteiger partial charge in [0.05, 0.1) is 16.6 Å². The Kier molecular flexibility index (Phi) is 3.21. The van der Waals surface area contributed by atoms with Crippen LogP contribution >= 0.6 is 0 Å². The molecule has 4 fully saturated rings. The fraction of sp³-hybridized carbons (Fsp3) is 0.579. The van der Waals surface area contributed by atoms with Crippen LogP contribution in [-0.4, -0.2) is 23.4 Å². The first-order valence-corrected chi connectivity index (χ1v) is 10.7. The van der Waals surface area contributed by atoms with Gasteiger partial charge in [-0.3, -0.25) is 0 Å². The number of benzene rings is 1. The SMILES string of the molecule is Cc1ccc(S(=O)(=O)c2cn(C34CC5CC(CC(C5)C3)C4)nn2)cc1. The molecule has 6 rings (SSSR count). The van der Waals surface area contributed by atoms with Crippen LogP contribution in [0.5, 0.6) is 0 Å². The molecule has 4 aliphatic carbocycles. The molecule has 0 radical (unpaired) electrons. The van der Waals surface area contributed by atoms with Crippen molar-refractivity contribution < 1.29 is 8.42 Å². The second kappa shape index (κ2) is 5.16. The maximum Gasteiger partial charge on any atom is 0.227 e. The lowest BCUT2D eigenvalue weighted by Crippen LogP contribution is -2.52. The van der Waals surface area contributed by atoms with Crippen LogP contribution < -0.4 is 0 Å². The van der Waals surface area contributed by atoms with Crippen LogP contribution in [0.2, 0.25) is 0 Å². The summed E-state index contributed by atoms with van der Waals surface area (Å²) in [6.45, 7) is 1.94. The average molecular weight is 357 g/mol. The van der Waals surface area contributed by atoms with Crippen LogP contribution in [0.4, 0.5) is 0 Å². The highest BCUT2D eigenvalue weighted by Crippen LogP contribution is 2.58. The summed E-state index contributed by atoms with van der Waals surface area (Å²) in [5, 5.41) is 8.45. The summed E-state index contributed by atoms with van der Waals surface area (Å²) < 4.78 is 27.6. The van der Waals surface area contributed by atoms with Gasteiger partial charge in [-0.05, 0) is 75.3 Å². The number of aromatic nitrogens is 3. The number of rotatable bonds is 3. The quantitative estimate of drug-likeness (QED) is 0.845. The second-order valence-corrected chi connectivity index (χ2v) is 10.4. The van der Waals surface area contributed by atoms with E-state index in [-0.39, 0.29) is 15.5 Å². The summed E-state index contributed by atoms with van der Waals surface area (Å²) in [5.74, 6) is 2.35. The van der Waals surface area contributed by atoms with E-state index in [1.165, 1.54) is 19.3 Å². The van der Waals surface area contributed by atoms with E-state index < -0.39 is 9.84 Å². The maximum atomic E-state index is 12.9. The molecule has 4 bridgehead atoms. The molecule has 5 nitrogen and oxygen atoms in total. The summed E-state index contributed by atoms with van der Waals surface area (Å²) in [4.78, 5) is 0.288. The molecule has 1 heterocycles. The molecule has 0 aliphatic heterocycles. The van der Waals surface area contributed by atoms with Gasteiger partial charge in [0.2, 0.25) is 14.9 Å². The van der Waals surface area contributed by atoms with Gasteiger partial charge < -0.3 is 0 Å². The van der Waals surface area contributed by atoms with Crippen molar-refractivity contribution in [2.45, 2.75) is 60.9 Å². The highest BCUT2D eigenvalue weighted by Gasteiger charge is 2.52. The molecular formula is C19H23N3O2S. The number of sulfone groups is 1. The van der Waals surface area contributed by atoms with Crippen LogP contribution in [0.3, 0.4) is 0 Å². The van der Waals surface area contributed by atoms with Crippen LogP contribution in [-0.2, 0) is 15.4 Å². The minimum Gasteiger partial charge on any atom is -0.245 e. The van der Waals surface area contributed by atoms with Crippen molar-refractivity contribution in [2.24, 2.45) is 17.8 Å².